The molecular weight excluding hydrogens is 671 g/mol. The van der Waals surface area contributed by atoms with Gasteiger partial charge in [0.1, 0.15) is 0 Å². The summed E-state index contributed by atoms with van der Waals surface area (Å²) >= 11 is 1.36. The van der Waals surface area contributed by atoms with Gasteiger partial charge in [-0.15, -0.1) is 93.4 Å². The molecule has 6 aromatic carbocycles. The summed E-state index contributed by atoms with van der Waals surface area (Å²) in [5, 5.41) is 5.57. The molecule has 0 spiro atoms. The molecule has 0 atom stereocenters. The fourth-order valence-corrected chi connectivity index (χ4v) is 6.26. The maximum absolute atomic E-state index is 3.06. The normalized spacial score (nSPS) is 12.1. The predicted octanol–water partition coefficient (Wildman–Crippen LogP) is 12.5. The van der Waals surface area contributed by atoms with Crippen LogP contribution in [0.15, 0.2) is 115 Å². The minimum atomic E-state index is 0. The average Bonchev–Trinajstić information content (AvgIpc) is 3.64. The summed E-state index contributed by atoms with van der Waals surface area (Å²) in [5.74, 6) is 0.787. The minimum absolute atomic E-state index is 0. The molecule has 0 nitrogen and oxygen atoms in total. The maximum atomic E-state index is 3.06. The zero-order chi connectivity index (χ0) is 27.9. The summed E-state index contributed by atoms with van der Waals surface area (Å²) < 4.78 is 0. The van der Waals surface area contributed by atoms with Gasteiger partial charge in [-0.25, -0.2) is 0 Å². The molecule has 0 saturated heterocycles. The van der Waals surface area contributed by atoms with Gasteiger partial charge in [-0.05, 0) is 29.9 Å². The Kier molecular flexibility index (Phi) is 17.5. The predicted molar refractivity (Wildman–Crippen MR) is 198 cm³/mol. The first-order valence-corrected chi connectivity index (χ1v) is 18.6. The van der Waals surface area contributed by atoms with E-state index in [9.17, 15) is 0 Å². The van der Waals surface area contributed by atoms with Gasteiger partial charge >= 0.3 is 30.2 Å². The second kappa shape index (κ2) is 19.3. The van der Waals surface area contributed by atoms with Crippen molar-refractivity contribution in [3.8, 4) is 22.3 Å². The van der Waals surface area contributed by atoms with Crippen molar-refractivity contribution >= 4 is 53.2 Å². The molecule has 7 rings (SSSR count). The van der Waals surface area contributed by atoms with Crippen LogP contribution < -0.4 is 0 Å². The van der Waals surface area contributed by atoms with E-state index in [-0.39, 0.29) is 39.7 Å². The van der Waals surface area contributed by atoms with E-state index in [1.54, 1.807) is 5.56 Å². The molecular formula is C40H44Cl2SiZr-4. The van der Waals surface area contributed by atoms with Gasteiger partial charge in [-0.2, -0.15) is 12.1 Å². The van der Waals surface area contributed by atoms with Crippen molar-refractivity contribution in [2.45, 2.75) is 51.9 Å². The van der Waals surface area contributed by atoms with E-state index >= 15 is 0 Å². The van der Waals surface area contributed by atoms with Gasteiger partial charge in [0.25, 0.3) is 0 Å². The average molecular weight is 715 g/mol. The second-order valence-electron chi connectivity index (χ2n) is 11.0. The zero-order valence-corrected chi connectivity index (χ0v) is 31.5. The molecule has 0 N–H and O–H groups in total. The standard InChI is InChI=1S/C21H21.C17H15.2CH3.2ClH.Si.Zr/c1-3-8-16(9-4-1)19-14-18-12-7-13-20(21(18)15-19)17-10-5-2-6-11-17;1-12-10-16-13(2)8-9-15(17(16)11-12)14-6-4-3-5-7-14;;;;;;/h2,5-7,10-16H,1,3-4,8-9H2;3-11H,1-2H3;2*1H3;2*1H;;/q4*-1;;;;. The van der Waals surface area contributed by atoms with Crippen molar-refractivity contribution in [2.75, 3.05) is 0 Å². The fraction of sp³-hybridized carbons (Fsp3) is 0.200. The Labute approximate surface area is 295 Å². The molecule has 0 amide bonds. The van der Waals surface area contributed by atoms with Crippen molar-refractivity contribution in [3.63, 3.8) is 0 Å². The summed E-state index contributed by atoms with van der Waals surface area (Å²) in [7, 11) is 0. The van der Waals surface area contributed by atoms with Crippen molar-refractivity contribution in [3.05, 3.63) is 147 Å². The summed E-state index contributed by atoms with van der Waals surface area (Å²) in [5.41, 5.74) is 9.58. The van der Waals surface area contributed by atoms with E-state index in [0.717, 1.165) is 5.92 Å². The Morgan fingerprint density at radius 1 is 0.614 bits per heavy atom. The molecule has 0 aromatic heterocycles. The third-order valence-electron chi connectivity index (χ3n) is 8.27. The first-order chi connectivity index (χ1) is 19.7. The van der Waals surface area contributed by atoms with Crippen LogP contribution in [0.2, 0.25) is 0 Å². The molecule has 230 valence electrons. The smallest absolute Gasteiger partial charge is 0.0279 e. The maximum Gasteiger partial charge on any atom is -0.0279 e. The van der Waals surface area contributed by atoms with Crippen LogP contribution in [0.5, 0.6) is 0 Å². The topological polar surface area (TPSA) is 0 Å². The number of rotatable bonds is 3. The van der Waals surface area contributed by atoms with Crippen molar-refractivity contribution < 1.29 is 23.3 Å². The third-order valence-corrected chi connectivity index (χ3v) is 8.27. The Bertz CT molecular complexity index is 1680. The molecule has 1 aliphatic carbocycles. The van der Waals surface area contributed by atoms with E-state index < -0.39 is 0 Å². The Morgan fingerprint density at radius 2 is 1.18 bits per heavy atom. The summed E-state index contributed by atoms with van der Waals surface area (Å²) in [4.78, 5) is 0. The van der Waals surface area contributed by atoms with Gasteiger partial charge in [0.05, 0.1) is 0 Å². The minimum Gasteiger partial charge on any atom is -0.164 e. The van der Waals surface area contributed by atoms with E-state index in [1.807, 2.05) is 0 Å². The summed E-state index contributed by atoms with van der Waals surface area (Å²) in [6, 6.07) is 41.9. The monoisotopic (exact) mass is 712 g/mol. The van der Waals surface area contributed by atoms with Gasteiger partial charge in [0.15, 0.2) is 0 Å². The van der Waals surface area contributed by atoms with E-state index in [4.69, 9.17) is 0 Å². The molecule has 1 saturated carbocycles. The quantitative estimate of drug-likeness (QED) is 0.126. The molecule has 1 aliphatic rings. The number of hydrogen-bond donors (Lipinski definition) is 0. The molecule has 2 radical (unpaired) electrons. The van der Waals surface area contributed by atoms with Crippen molar-refractivity contribution in [1.82, 2.24) is 0 Å². The van der Waals surface area contributed by atoms with E-state index in [0.29, 0.717) is 0 Å². The van der Waals surface area contributed by atoms with Crippen molar-refractivity contribution in [1.29, 1.82) is 0 Å². The van der Waals surface area contributed by atoms with E-state index in [2.05, 4.69) is 136 Å². The van der Waals surface area contributed by atoms with Gasteiger partial charge in [-0.3, -0.25) is 0 Å². The number of benzene rings is 4. The molecule has 0 heterocycles. The molecule has 44 heavy (non-hydrogen) atoms. The molecule has 0 aliphatic heterocycles. The first kappa shape index (κ1) is 39.8. The first-order valence-electron chi connectivity index (χ1n) is 14.4. The SMILES string of the molecule is Cc1cc2c(-c3ccccc3)ccc(C)c2[cH-]1.Cl.Cl.[CH3-].[CH3-].[Si]=[Zr].c1ccc(-c2cccc3[cH-]c(C4CCCCC4)cc23)cc1. The summed E-state index contributed by atoms with van der Waals surface area (Å²) in [6.07, 6.45) is 6.97. The molecule has 1 fully saturated rings. The van der Waals surface area contributed by atoms with Crippen LogP contribution >= 0.6 is 24.8 Å². The van der Waals surface area contributed by atoms with Crippen LogP contribution in [0, 0.1) is 28.7 Å². The Hall–Kier alpha value is -2.22. The van der Waals surface area contributed by atoms with Gasteiger partial charge in [0, 0.05) is 0 Å². The van der Waals surface area contributed by atoms with Crippen molar-refractivity contribution in [2.24, 2.45) is 0 Å². The number of hydrogen-bond acceptors (Lipinski definition) is 0. The van der Waals surface area contributed by atoms with Gasteiger partial charge in [-0.1, -0.05) is 117 Å². The zero-order valence-electron chi connectivity index (χ0n) is 26.4. The molecule has 6 aromatic rings. The van der Waals surface area contributed by atoms with Gasteiger partial charge in [0.2, 0.25) is 0 Å². The van der Waals surface area contributed by atoms with Crippen LogP contribution in [0.1, 0.15) is 54.7 Å². The van der Waals surface area contributed by atoms with Crippen LogP contribution in [0.3, 0.4) is 0 Å². The third kappa shape index (κ3) is 9.17. The number of halogens is 2. The number of fused-ring (bicyclic) bond motifs is 2. The Balaban J connectivity index is 0.000000390. The summed E-state index contributed by atoms with van der Waals surface area (Å²) in [6.45, 7) is 7.40. The molecule has 4 heteroatoms. The Morgan fingerprint density at radius 3 is 1.77 bits per heavy atom. The van der Waals surface area contributed by atoms with Crippen LogP contribution in [-0.2, 0) is 23.3 Å². The fourth-order valence-electron chi connectivity index (χ4n) is 6.26. The van der Waals surface area contributed by atoms with Crippen LogP contribution in [0.4, 0.5) is 0 Å². The molecule has 0 bridgehead atoms. The van der Waals surface area contributed by atoms with Gasteiger partial charge < -0.3 is 14.9 Å². The largest absolute Gasteiger partial charge is 0.164 e. The second-order valence-corrected chi connectivity index (χ2v) is 11.0. The van der Waals surface area contributed by atoms with E-state index in [1.165, 1.54) is 110 Å². The number of aryl methyl sites for hydroxylation is 2. The van der Waals surface area contributed by atoms with Crippen LogP contribution in [0.25, 0.3) is 43.8 Å². The van der Waals surface area contributed by atoms with Crippen LogP contribution in [-0.4, -0.2) is 6.88 Å². The molecule has 0 unspecified atom stereocenters.